The number of hydrogen-bond acceptors (Lipinski definition) is 7. The number of urea groups is 1. The summed E-state index contributed by atoms with van der Waals surface area (Å²) in [6.07, 6.45) is 6.63. The van der Waals surface area contributed by atoms with Crippen LogP contribution in [-0.2, 0) is 32.4 Å². The number of nitrogens with one attached hydrogen (secondary N) is 1. The molecule has 0 spiro atoms. The van der Waals surface area contributed by atoms with Crippen molar-refractivity contribution in [2.45, 2.75) is 71.3 Å². The van der Waals surface area contributed by atoms with E-state index >= 15 is 0 Å². The normalized spacial score (nSPS) is 20.1. The van der Waals surface area contributed by atoms with E-state index in [1.54, 1.807) is 16.1 Å². The fourth-order valence-corrected chi connectivity index (χ4v) is 10.5. The summed E-state index contributed by atoms with van der Waals surface area (Å²) in [5, 5.41) is 12.9. The maximum Gasteiger partial charge on any atom is 0.409 e. The number of phenolic OH excluding ortho intramolecular Hbond substituents is 1. The van der Waals surface area contributed by atoms with Gasteiger partial charge in [0.05, 0.1) is 21.8 Å². The molecule has 0 aliphatic carbocycles. The lowest BCUT2D eigenvalue weighted by atomic mass is 9.79. The summed E-state index contributed by atoms with van der Waals surface area (Å²) in [7, 11) is -1.68. The molecule has 0 radical (unpaired) electrons. The molecular weight excluding hydrogens is 830 g/mol. The number of benzene rings is 2. The van der Waals surface area contributed by atoms with Crippen molar-refractivity contribution in [2.24, 2.45) is 17.8 Å². The number of para-hydroxylation sites is 1. The predicted molar refractivity (Wildman–Crippen MR) is 212 cm³/mol. The predicted octanol–water partition coefficient (Wildman–Crippen LogP) is 6.70. The molecule has 2 N–H and O–H groups in total. The number of carbonyl (C=O) groups is 3. The van der Waals surface area contributed by atoms with Crippen molar-refractivity contribution in [2.75, 3.05) is 64.0 Å². The van der Waals surface area contributed by atoms with Gasteiger partial charge in [0.2, 0.25) is 15.9 Å². The van der Waals surface area contributed by atoms with Crippen LogP contribution >= 0.6 is 31.9 Å². The molecule has 292 valence electrons. The van der Waals surface area contributed by atoms with E-state index in [0.29, 0.717) is 59.9 Å². The number of anilines is 1. The number of piperidine rings is 3. The number of carbonyl (C=O) groups excluding carboxylic acids is 3. The molecule has 15 heteroatoms. The first-order valence-electron chi connectivity index (χ1n) is 18.7. The van der Waals surface area contributed by atoms with Gasteiger partial charge in [0.1, 0.15) is 5.75 Å². The molecule has 12 nitrogen and oxygen atoms in total. The zero-order valence-electron chi connectivity index (χ0n) is 30.9. The number of likely N-dealkylation sites (tertiary alicyclic amines) is 2. The number of rotatable bonds is 7. The van der Waals surface area contributed by atoms with E-state index in [-0.39, 0.29) is 41.5 Å². The van der Waals surface area contributed by atoms with Crippen molar-refractivity contribution in [3.8, 4) is 5.75 Å². The molecule has 0 unspecified atom stereocenters. The van der Waals surface area contributed by atoms with Gasteiger partial charge in [-0.2, -0.15) is 0 Å². The van der Waals surface area contributed by atoms with E-state index in [2.05, 4.69) is 43.2 Å². The third kappa shape index (κ3) is 10.5. The van der Waals surface area contributed by atoms with Gasteiger partial charge in [0, 0.05) is 63.5 Å². The summed E-state index contributed by atoms with van der Waals surface area (Å²) in [6.45, 7) is 8.48. The Morgan fingerprint density at radius 3 is 2.06 bits per heavy atom. The summed E-state index contributed by atoms with van der Waals surface area (Å²) < 4.78 is 31.8. The van der Waals surface area contributed by atoms with Gasteiger partial charge in [-0.05, 0) is 131 Å². The maximum absolute atomic E-state index is 13.0. The lowest BCUT2D eigenvalue weighted by Gasteiger charge is -2.40. The molecule has 4 heterocycles. The van der Waals surface area contributed by atoms with E-state index in [1.165, 1.54) is 12.7 Å². The van der Waals surface area contributed by atoms with Gasteiger partial charge in [0.25, 0.3) is 0 Å². The van der Waals surface area contributed by atoms with Crippen LogP contribution in [-0.4, -0.2) is 115 Å². The fraction of sp³-hybridized carbons (Fsp3) is 0.605. The van der Waals surface area contributed by atoms with Crippen molar-refractivity contribution >= 4 is 65.6 Å². The quantitative estimate of drug-likeness (QED) is 0.316. The highest BCUT2D eigenvalue weighted by atomic mass is 79.9. The standard InChI is InChI=1S/C22H32Br2N2O4S.C16H21N3O3/c1-3-31(29,30)26-10-6-18(7-11-26)17-4-8-25(9-5-17)22(28)15(2)12-16-13-19(23)21(27)20(24)14-16;1-22-16(21)18-9-7-13(8-10-18)19-11-6-12-4-2-3-5-14(12)17-15(19)20/h13-15,17-18,27H,3-12H2,1-2H3;2-5,13H,6-11H2,1H3,(H,17,20)/t15-;/m1./s1. The van der Waals surface area contributed by atoms with Gasteiger partial charge in [-0.15, -0.1) is 0 Å². The maximum atomic E-state index is 13.0. The Morgan fingerprint density at radius 1 is 0.906 bits per heavy atom. The zero-order chi connectivity index (χ0) is 38.3. The smallest absolute Gasteiger partial charge is 0.409 e. The van der Waals surface area contributed by atoms with Crippen molar-refractivity contribution in [1.29, 1.82) is 0 Å². The minimum Gasteiger partial charge on any atom is -0.506 e. The Hall–Kier alpha value is -2.88. The van der Waals surface area contributed by atoms with Crippen LogP contribution in [0.3, 0.4) is 0 Å². The topological polar surface area (TPSA) is 140 Å². The molecule has 2 aromatic rings. The minimum absolute atomic E-state index is 0.0403. The molecule has 6 rings (SSSR count). The molecule has 0 aromatic heterocycles. The van der Waals surface area contributed by atoms with E-state index in [4.69, 9.17) is 4.74 Å². The Balaban J connectivity index is 0.000000216. The lowest BCUT2D eigenvalue weighted by molar-refractivity contribution is -0.136. The van der Waals surface area contributed by atoms with Gasteiger partial charge in [-0.25, -0.2) is 22.3 Å². The second kappa shape index (κ2) is 18.6. The van der Waals surface area contributed by atoms with Crippen molar-refractivity contribution in [3.05, 3.63) is 56.5 Å². The number of amides is 4. The number of sulfonamides is 1. The van der Waals surface area contributed by atoms with E-state index in [0.717, 1.165) is 69.3 Å². The summed E-state index contributed by atoms with van der Waals surface area (Å²) in [5.74, 6) is 1.54. The first-order valence-corrected chi connectivity index (χ1v) is 21.9. The van der Waals surface area contributed by atoms with Crippen LogP contribution in [0.1, 0.15) is 63.5 Å². The number of fused-ring (bicyclic) bond motifs is 1. The number of phenols is 1. The Labute approximate surface area is 330 Å². The second-order valence-corrected chi connectivity index (χ2v) is 18.5. The number of halogens is 2. The van der Waals surface area contributed by atoms with Gasteiger partial charge < -0.3 is 29.9 Å². The Kier molecular flexibility index (Phi) is 14.5. The second-order valence-electron chi connectivity index (χ2n) is 14.5. The molecule has 0 saturated carbocycles. The number of methoxy groups -OCH3 is 1. The van der Waals surface area contributed by atoms with E-state index in [1.807, 2.05) is 47.1 Å². The molecule has 53 heavy (non-hydrogen) atoms. The summed E-state index contributed by atoms with van der Waals surface area (Å²) >= 11 is 6.70. The van der Waals surface area contributed by atoms with E-state index < -0.39 is 10.0 Å². The lowest BCUT2D eigenvalue weighted by Crippen LogP contribution is -2.50. The van der Waals surface area contributed by atoms with Crippen molar-refractivity contribution in [3.63, 3.8) is 0 Å². The highest BCUT2D eigenvalue weighted by molar-refractivity contribution is 9.11. The van der Waals surface area contributed by atoms with Crippen LogP contribution in [0, 0.1) is 17.8 Å². The summed E-state index contributed by atoms with van der Waals surface area (Å²) in [6, 6.07) is 11.8. The van der Waals surface area contributed by atoms with Gasteiger partial charge in [-0.3, -0.25) is 4.79 Å². The van der Waals surface area contributed by atoms with E-state index in [9.17, 15) is 27.9 Å². The summed E-state index contributed by atoms with van der Waals surface area (Å²) in [5.41, 5.74) is 3.08. The monoisotopic (exact) mass is 881 g/mol. The van der Waals surface area contributed by atoms with Crippen LogP contribution in [0.15, 0.2) is 45.3 Å². The van der Waals surface area contributed by atoms with Gasteiger partial charge in [-0.1, -0.05) is 25.1 Å². The van der Waals surface area contributed by atoms with Gasteiger partial charge in [0.15, 0.2) is 0 Å². The highest BCUT2D eigenvalue weighted by Gasteiger charge is 2.35. The number of hydrogen-bond donors (Lipinski definition) is 2. The SMILES string of the molecule is CCS(=O)(=O)N1CCC(C2CCN(C(=O)[C@H](C)Cc3cc(Br)c(O)c(Br)c3)CC2)CC1.COC(=O)N1CCC(N2CCc3ccccc3NC2=O)CC1. The number of aromatic hydroxyl groups is 1. The fourth-order valence-electron chi connectivity index (χ4n) is 8.11. The minimum atomic E-state index is -3.08. The molecule has 3 fully saturated rings. The molecule has 3 saturated heterocycles. The third-order valence-electron chi connectivity index (χ3n) is 11.3. The average molecular weight is 884 g/mol. The average Bonchev–Trinajstić information content (AvgIpc) is 3.34. The van der Waals surface area contributed by atoms with Crippen LogP contribution in [0.25, 0.3) is 0 Å². The molecule has 1 atom stereocenters. The first-order chi connectivity index (χ1) is 25.3. The number of nitrogens with zero attached hydrogens (tertiary/aromatic N) is 4. The molecule has 4 aliphatic heterocycles. The molecule has 4 aliphatic rings. The molecular formula is C38H53Br2N5O7S. The van der Waals surface area contributed by atoms with Crippen LogP contribution in [0.5, 0.6) is 5.75 Å². The van der Waals surface area contributed by atoms with Crippen molar-refractivity contribution in [1.82, 2.24) is 19.0 Å². The number of ether oxygens (including phenoxy) is 1. The highest BCUT2D eigenvalue weighted by Crippen LogP contribution is 2.36. The van der Waals surface area contributed by atoms with Crippen LogP contribution in [0.4, 0.5) is 15.3 Å². The molecule has 2 aromatic carbocycles. The molecule has 0 bridgehead atoms. The first kappa shape index (κ1) is 41.3. The molecule has 4 amide bonds. The third-order valence-corrected chi connectivity index (χ3v) is 14.4. The van der Waals surface area contributed by atoms with Gasteiger partial charge >= 0.3 is 12.1 Å². The zero-order valence-corrected chi connectivity index (χ0v) is 34.9. The Morgan fingerprint density at radius 2 is 1.47 bits per heavy atom. The Bertz CT molecular complexity index is 1680. The largest absolute Gasteiger partial charge is 0.506 e. The van der Waals surface area contributed by atoms with Crippen molar-refractivity contribution < 1.29 is 32.6 Å². The van der Waals surface area contributed by atoms with Crippen LogP contribution in [0.2, 0.25) is 0 Å². The van der Waals surface area contributed by atoms with Crippen LogP contribution < -0.4 is 5.32 Å². The summed E-state index contributed by atoms with van der Waals surface area (Å²) in [4.78, 5) is 42.6.